The zero-order valence-corrected chi connectivity index (χ0v) is 17.1. The first-order chi connectivity index (χ1) is 15.5. The van der Waals surface area contributed by atoms with E-state index < -0.39 is 31.1 Å². The molecular weight excluding hydrogens is 414 g/mol. The molecule has 11 nitrogen and oxygen atoms in total. The van der Waals surface area contributed by atoms with E-state index in [1.807, 2.05) is 29.1 Å². The number of nitrogens with zero attached hydrogens (tertiary/aromatic N) is 6. The Balaban J connectivity index is 1.43. The van der Waals surface area contributed by atoms with Crippen LogP contribution in [0.25, 0.3) is 22.6 Å². The third-order valence-corrected chi connectivity index (χ3v) is 5.60. The number of aryl methyl sites for hydroxylation is 2. The summed E-state index contributed by atoms with van der Waals surface area (Å²) in [7, 11) is 0. The van der Waals surface area contributed by atoms with E-state index in [1.54, 1.807) is 6.20 Å². The van der Waals surface area contributed by atoms with E-state index in [9.17, 15) is 15.3 Å². The minimum Gasteiger partial charge on any atom is -0.394 e. The third-order valence-electron chi connectivity index (χ3n) is 5.60. The van der Waals surface area contributed by atoms with E-state index in [4.69, 9.17) is 10.5 Å². The van der Waals surface area contributed by atoms with Crippen molar-refractivity contribution in [3.05, 3.63) is 54.6 Å². The van der Waals surface area contributed by atoms with Gasteiger partial charge in [-0.1, -0.05) is 30.3 Å². The van der Waals surface area contributed by atoms with Crippen LogP contribution in [0.1, 0.15) is 11.8 Å². The second-order valence-electron chi connectivity index (χ2n) is 7.71. The lowest BCUT2D eigenvalue weighted by molar-refractivity contribution is -0.0511. The number of benzene rings is 1. The highest BCUT2D eigenvalue weighted by Gasteiger charge is 2.44. The van der Waals surface area contributed by atoms with Crippen LogP contribution in [0.15, 0.2) is 49.1 Å². The SMILES string of the molecule is Nc1nc(-c2cnn(CCc3ccccc3)c2)nc2c1ncn2C1OC(CO)C(O)[C@H]1O. The van der Waals surface area contributed by atoms with Crippen molar-refractivity contribution < 1.29 is 20.1 Å². The summed E-state index contributed by atoms with van der Waals surface area (Å²) in [6.45, 7) is 0.272. The van der Waals surface area contributed by atoms with Crippen LogP contribution in [0.4, 0.5) is 5.82 Å². The van der Waals surface area contributed by atoms with E-state index in [0.29, 0.717) is 29.1 Å². The van der Waals surface area contributed by atoms with E-state index in [2.05, 4.69) is 32.2 Å². The summed E-state index contributed by atoms with van der Waals surface area (Å²) in [6.07, 6.45) is 1.39. The average Bonchev–Trinajstić information content (AvgIpc) is 3.52. The summed E-state index contributed by atoms with van der Waals surface area (Å²) < 4.78 is 8.91. The standard InChI is InChI=1S/C21H23N7O4/c22-18-15-20(28(11-23-15)21-17(31)16(30)14(10-29)32-21)26-19(25-18)13-8-24-27(9-13)7-6-12-4-2-1-3-5-12/h1-5,8-9,11,14,16-17,21,29-31H,6-7,10H2,(H2,22,25,26)/t14?,16?,17-,21?/m1/s1. The van der Waals surface area contributed by atoms with Crippen molar-refractivity contribution in [3.8, 4) is 11.4 Å². The van der Waals surface area contributed by atoms with Gasteiger partial charge in [-0.2, -0.15) is 5.10 Å². The molecule has 5 rings (SSSR count). The second kappa shape index (κ2) is 8.28. The molecule has 1 saturated heterocycles. The molecule has 1 aliphatic rings. The van der Waals surface area contributed by atoms with E-state index in [-0.39, 0.29) is 5.82 Å². The lowest BCUT2D eigenvalue weighted by Crippen LogP contribution is -2.33. The highest BCUT2D eigenvalue weighted by molar-refractivity contribution is 5.83. The van der Waals surface area contributed by atoms with Gasteiger partial charge in [-0.05, 0) is 12.0 Å². The maximum atomic E-state index is 10.4. The second-order valence-corrected chi connectivity index (χ2v) is 7.71. The predicted octanol–water partition coefficient (Wildman–Crippen LogP) is 0.126. The number of hydrogen-bond acceptors (Lipinski definition) is 9. The number of aliphatic hydroxyl groups excluding tert-OH is 3. The summed E-state index contributed by atoms with van der Waals surface area (Å²) in [4.78, 5) is 13.2. The van der Waals surface area contributed by atoms with Crippen molar-refractivity contribution in [2.24, 2.45) is 0 Å². The summed E-state index contributed by atoms with van der Waals surface area (Å²) in [5.41, 5.74) is 8.71. The molecule has 11 heteroatoms. The van der Waals surface area contributed by atoms with Gasteiger partial charge in [0.1, 0.15) is 23.8 Å². The lowest BCUT2D eigenvalue weighted by atomic mass is 10.1. The van der Waals surface area contributed by atoms with Gasteiger partial charge in [0.15, 0.2) is 23.5 Å². The Labute approximate surface area is 182 Å². The first-order valence-electron chi connectivity index (χ1n) is 10.2. The Morgan fingerprint density at radius 2 is 1.91 bits per heavy atom. The number of rotatable bonds is 6. The van der Waals surface area contributed by atoms with Crippen molar-refractivity contribution in [2.75, 3.05) is 12.3 Å². The molecule has 4 atom stereocenters. The van der Waals surface area contributed by atoms with Gasteiger partial charge in [-0.15, -0.1) is 0 Å². The number of fused-ring (bicyclic) bond motifs is 1. The van der Waals surface area contributed by atoms with Crippen LogP contribution >= 0.6 is 0 Å². The summed E-state index contributed by atoms with van der Waals surface area (Å²) in [6, 6.07) is 10.1. The van der Waals surface area contributed by atoms with Crippen LogP contribution in [0.2, 0.25) is 0 Å². The van der Waals surface area contributed by atoms with Crippen molar-refractivity contribution in [3.63, 3.8) is 0 Å². The highest BCUT2D eigenvalue weighted by Crippen LogP contribution is 2.32. The number of anilines is 1. The third kappa shape index (κ3) is 3.60. The van der Waals surface area contributed by atoms with Gasteiger partial charge in [-0.25, -0.2) is 15.0 Å². The minimum atomic E-state index is -1.26. The Kier molecular flexibility index (Phi) is 5.31. The fourth-order valence-electron chi connectivity index (χ4n) is 3.85. The molecule has 1 fully saturated rings. The zero-order chi connectivity index (χ0) is 22.2. The molecule has 5 N–H and O–H groups in total. The zero-order valence-electron chi connectivity index (χ0n) is 17.1. The lowest BCUT2D eigenvalue weighted by Gasteiger charge is -2.16. The molecule has 4 heterocycles. The predicted molar refractivity (Wildman–Crippen MR) is 114 cm³/mol. The number of imidazole rings is 1. The quantitative estimate of drug-likeness (QED) is 0.329. The Morgan fingerprint density at radius 1 is 1.09 bits per heavy atom. The molecular formula is C21H23N7O4. The topological polar surface area (TPSA) is 157 Å². The molecule has 0 saturated carbocycles. The molecule has 166 valence electrons. The molecule has 0 amide bonds. The largest absolute Gasteiger partial charge is 0.394 e. The number of nitrogen functional groups attached to an aromatic ring is 1. The number of hydrogen-bond donors (Lipinski definition) is 4. The number of nitrogens with two attached hydrogens (primary N) is 1. The van der Waals surface area contributed by atoms with Gasteiger partial charge >= 0.3 is 0 Å². The Hall–Kier alpha value is -3.38. The average molecular weight is 437 g/mol. The van der Waals surface area contributed by atoms with Crippen molar-refractivity contribution >= 4 is 17.0 Å². The van der Waals surface area contributed by atoms with Crippen LogP contribution in [0.5, 0.6) is 0 Å². The number of aromatic nitrogens is 6. The Morgan fingerprint density at radius 3 is 2.66 bits per heavy atom. The van der Waals surface area contributed by atoms with Gasteiger partial charge < -0.3 is 25.8 Å². The molecule has 32 heavy (non-hydrogen) atoms. The van der Waals surface area contributed by atoms with Crippen molar-refractivity contribution in [1.29, 1.82) is 0 Å². The van der Waals surface area contributed by atoms with Gasteiger partial charge in [0.05, 0.1) is 24.7 Å². The smallest absolute Gasteiger partial charge is 0.168 e. The first-order valence-corrected chi connectivity index (χ1v) is 10.2. The van der Waals surface area contributed by atoms with E-state index in [0.717, 1.165) is 6.42 Å². The van der Waals surface area contributed by atoms with Gasteiger partial charge in [-0.3, -0.25) is 9.25 Å². The highest BCUT2D eigenvalue weighted by atomic mass is 16.6. The van der Waals surface area contributed by atoms with Crippen molar-refractivity contribution in [2.45, 2.75) is 37.5 Å². The minimum absolute atomic E-state index is 0.174. The van der Waals surface area contributed by atoms with Gasteiger partial charge in [0.2, 0.25) is 0 Å². The van der Waals surface area contributed by atoms with Crippen LogP contribution in [-0.2, 0) is 17.7 Å². The molecule has 3 aromatic heterocycles. The van der Waals surface area contributed by atoms with Crippen LogP contribution < -0.4 is 5.73 Å². The van der Waals surface area contributed by atoms with Gasteiger partial charge in [0, 0.05) is 12.7 Å². The molecule has 1 aliphatic heterocycles. The van der Waals surface area contributed by atoms with Crippen LogP contribution in [0.3, 0.4) is 0 Å². The fourth-order valence-corrected chi connectivity index (χ4v) is 3.85. The van der Waals surface area contributed by atoms with Gasteiger partial charge in [0.25, 0.3) is 0 Å². The summed E-state index contributed by atoms with van der Waals surface area (Å²) >= 11 is 0. The number of ether oxygens (including phenoxy) is 1. The monoisotopic (exact) mass is 437 g/mol. The molecule has 0 aliphatic carbocycles. The fraction of sp³-hybridized carbons (Fsp3) is 0.333. The van der Waals surface area contributed by atoms with Crippen molar-refractivity contribution in [1.82, 2.24) is 29.3 Å². The molecule has 4 aromatic rings. The molecule has 0 spiro atoms. The van der Waals surface area contributed by atoms with Crippen LogP contribution in [-0.4, -0.2) is 69.5 Å². The molecule has 3 unspecified atom stereocenters. The summed E-state index contributed by atoms with van der Waals surface area (Å²) in [5, 5.41) is 34.2. The normalized spacial score (nSPS) is 23.2. The van der Waals surface area contributed by atoms with Crippen LogP contribution in [0, 0.1) is 0 Å². The first kappa shape index (κ1) is 20.5. The maximum absolute atomic E-state index is 10.4. The summed E-state index contributed by atoms with van der Waals surface area (Å²) in [5.74, 6) is 0.530. The van der Waals surface area contributed by atoms with E-state index in [1.165, 1.54) is 16.5 Å². The molecule has 0 bridgehead atoms. The van der Waals surface area contributed by atoms with E-state index >= 15 is 0 Å². The molecule has 0 radical (unpaired) electrons. The maximum Gasteiger partial charge on any atom is 0.168 e. The Bertz CT molecular complexity index is 1230. The number of aliphatic hydroxyl groups is 3. The molecule has 1 aromatic carbocycles.